The van der Waals surface area contributed by atoms with Crippen LogP contribution in [0.15, 0.2) is 48.5 Å². The first-order valence-corrected chi connectivity index (χ1v) is 13.0. The summed E-state index contributed by atoms with van der Waals surface area (Å²) in [6.07, 6.45) is -0.194. The van der Waals surface area contributed by atoms with Crippen LogP contribution in [0.25, 0.3) is 0 Å². The number of ether oxygens (including phenoxy) is 1. The Bertz CT molecular complexity index is 983. The highest BCUT2D eigenvalue weighted by atomic mass is 19.4. The predicted octanol–water partition coefficient (Wildman–Crippen LogP) is 9.15. The van der Waals surface area contributed by atoms with Crippen LogP contribution in [0.4, 0.5) is 26.3 Å². The lowest BCUT2D eigenvalue weighted by Crippen LogP contribution is -2.29. The summed E-state index contributed by atoms with van der Waals surface area (Å²) in [5, 5.41) is 0. The first-order valence-electron chi connectivity index (χ1n) is 13.0. The summed E-state index contributed by atoms with van der Waals surface area (Å²) >= 11 is 0. The summed E-state index contributed by atoms with van der Waals surface area (Å²) in [6, 6.07) is 8.41. The minimum absolute atomic E-state index is 0.0457. The summed E-state index contributed by atoms with van der Waals surface area (Å²) in [6.45, 7) is 2.07. The van der Waals surface area contributed by atoms with Crippen molar-refractivity contribution >= 4 is 11.8 Å². The van der Waals surface area contributed by atoms with Gasteiger partial charge in [-0.1, -0.05) is 101 Å². The lowest BCUT2D eigenvalue weighted by Gasteiger charge is -2.21. The summed E-state index contributed by atoms with van der Waals surface area (Å²) in [4.78, 5) is 26.3. The van der Waals surface area contributed by atoms with Crippen molar-refractivity contribution in [3.8, 4) is 0 Å². The standard InChI is InChI=1S/C29H34F6O3/c1-2-3-4-5-6-7-8-9-10-14-20-38-27(37)24(21-16-12-11-13-17-21)26(36)25-22(28(30,31)32)18-15-19-23(25)29(33,34)35/h11-13,15-19,24H,2-10,14,20H2,1H3. The Kier molecular flexibility index (Phi) is 12.3. The molecule has 2 aromatic carbocycles. The van der Waals surface area contributed by atoms with Gasteiger partial charge in [-0.2, -0.15) is 26.3 Å². The number of benzene rings is 2. The van der Waals surface area contributed by atoms with E-state index in [4.69, 9.17) is 4.74 Å². The normalized spacial score (nSPS) is 12.8. The van der Waals surface area contributed by atoms with E-state index in [0.29, 0.717) is 24.6 Å². The molecule has 0 N–H and O–H groups in total. The number of unbranched alkanes of at least 4 members (excludes halogenated alkanes) is 9. The van der Waals surface area contributed by atoms with Gasteiger partial charge in [0.2, 0.25) is 0 Å². The van der Waals surface area contributed by atoms with E-state index < -0.39 is 46.7 Å². The average Bonchev–Trinajstić information content (AvgIpc) is 2.86. The van der Waals surface area contributed by atoms with Crippen molar-refractivity contribution in [2.24, 2.45) is 0 Å². The van der Waals surface area contributed by atoms with Gasteiger partial charge in [-0.15, -0.1) is 0 Å². The molecular weight excluding hydrogens is 510 g/mol. The van der Waals surface area contributed by atoms with Crippen molar-refractivity contribution < 1.29 is 40.7 Å². The number of Topliss-reactive ketones (excluding diaryl/α,β-unsaturated/α-hetero) is 1. The molecule has 2 aromatic rings. The number of hydrogen-bond donors (Lipinski definition) is 0. The quantitative estimate of drug-likeness (QED) is 0.0738. The summed E-state index contributed by atoms with van der Waals surface area (Å²) in [5.41, 5.74) is -5.13. The Morgan fingerprint density at radius 3 is 1.63 bits per heavy atom. The second kappa shape index (κ2) is 14.9. The molecule has 2 rings (SSSR count). The highest BCUT2D eigenvalue weighted by Gasteiger charge is 2.45. The molecule has 0 aromatic heterocycles. The van der Waals surface area contributed by atoms with E-state index in [2.05, 4.69) is 6.92 Å². The number of carbonyl (C=O) groups is 2. The maximum atomic E-state index is 13.7. The Balaban J connectivity index is 2.14. The third-order valence-corrected chi connectivity index (χ3v) is 6.29. The molecule has 38 heavy (non-hydrogen) atoms. The van der Waals surface area contributed by atoms with E-state index >= 15 is 0 Å². The third-order valence-electron chi connectivity index (χ3n) is 6.29. The molecule has 3 nitrogen and oxygen atoms in total. The van der Waals surface area contributed by atoms with Gasteiger partial charge in [0.25, 0.3) is 0 Å². The van der Waals surface area contributed by atoms with Crippen molar-refractivity contribution in [1.82, 2.24) is 0 Å². The van der Waals surface area contributed by atoms with E-state index in [0.717, 1.165) is 32.1 Å². The smallest absolute Gasteiger partial charge is 0.417 e. The molecule has 0 saturated heterocycles. The van der Waals surface area contributed by atoms with E-state index in [9.17, 15) is 35.9 Å². The van der Waals surface area contributed by atoms with Gasteiger partial charge >= 0.3 is 18.3 Å². The second-order valence-corrected chi connectivity index (χ2v) is 9.28. The second-order valence-electron chi connectivity index (χ2n) is 9.28. The highest BCUT2D eigenvalue weighted by molar-refractivity contribution is 6.14. The van der Waals surface area contributed by atoms with E-state index in [1.165, 1.54) is 49.9 Å². The molecular formula is C29H34F6O3. The zero-order valence-electron chi connectivity index (χ0n) is 21.5. The maximum absolute atomic E-state index is 13.7. The monoisotopic (exact) mass is 544 g/mol. The van der Waals surface area contributed by atoms with Crippen LogP contribution in [0.1, 0.15) is 104 Å². The molecule has 0 radical (unpaired) electrons. The lowest BCUT2D eigenvalue weighted by molar-refractivity contribution is -0.146. The largest absolute Gasteiger partial charge is 0.465 e. The molecule has 1 unspecified atom stereocenters. The van der Waals surface area contributed by atoms with Crippen molar-refractivity contribution in [3.05, 3.63) is 70.8 Å². The Morgan fingerprint density at radius 1 is 0.684 bits per heavy atom. The summed E-state index contributed by atoms with van der Waals surface area (Å²) in [5.74, 6) is -4.75. The number of carbonyl (C=O) groups excluding carboxylic acids is 2. The fraction of sp³-hybridized carbons (Fsp3) is 0.517. The molecule has 9 heteroatoms. The van der Waals surface area contributed by atoms with Crippen LogP contribution in [0.5, 0.6) is 0 Å². The molecule has 0 aliphatic heterocycles. The Labute approximate surface area is 219 Å². The minimum Gasteiger partial charge on any atom is -0.465 e. The molecule has 0 spiro atoms. The topological polar surface area (TPSA) is 43.4 Å². The number of alkyl halides is 6. The zero-order valence-corrected chi connectivity index (χ0v) is 21.5. The fourth-order valence-electron chi connectivity index (χ4n) is 4.32. The van der Waals surface area contributed by atoms with Crippen molar-refractivity contribution in [2.45, 2.75) is 89.4 Å². The summed E-state index contributed by atoms with van der Waals surface area (Å²) in [7, 11) is 0. The van der Waals surface area contributed by atoms with Crippen molar-refractivity contribution in [1.29, 1.82) is 0 Å². The van der Waals surface area contributed by atoms with Gasteiger partial charge in [0.15, 0.2) is 5.78 Å². The van der Waals surface area contributed by atoms with Crippen LogP contribution in [0.2, 0.25) is 0 Å². The van der Waals surface area contributed by atoms with Crippen molar-refractivity contribution in [2.75, 3.05) is 6.61 Å². The van der Waals surface area contributed by atoms with Crippen LogP contribution in [-0.2, 0) is 21.9 Å². The van der Waals surface area contributed by atoms with Crippen LogP contribution < -0.4 is 0 Å². The molecule has 210 valence electrons. The van der Waals surface area contributed by atoms with E-state index in [1.807, 2.05) is 0 Å². The zero-order chi connectivity index (χ0) is 28.2. The van der Waals surface area contributed by atoms with Crippen LogP contribution in [0.3, 0.4) is 0 Å². The molecule has 0 saturated carbocycles. The highest BCUT2D eigenvalue weighted by Crippen LogP contribution is 2.41. The number of rotatable bonds is 15. The van der Waals surface area contributed by atoms with E-state index in [1.54, 1.807) is 6.07 Å². The molecule has 0 aliphatic rings. The van der Waals surface area contributed by atoms with Gasteiger partial charge in [-0.3, -0.25) is 9.59 Å². The van der Waals surface area contributed by atoms with Gasteiger partial charge in [-0.25, -0.2) is 0 Å². The fourth-order valence-corrected chi connectivity index (χ4v) is 4.32. The molecule has 1 atom stereocenters. The first-order chi connectivity index (χ1) is 18.0. The van der Waals surface area contributed by atoms with E-state index in [-0.39, 0.29) is 12.2 Å². The average molecular weight is 545 g/mol. The van der Waals surface area contributed by atoms with Crippen LogP contribution in [-0.4, -0.2) is 18.4 Å². The minimum atomic E-state index is -5.24. The Hall–Kier alpha value is -2.84. The number of esters is 1. The van der Waals surface area contributed by atoms with Gasteiger partial charge < -0.3 is 4.74 Å². The lowest BCUT2D eigenvalue weighted by atomic mass is 9.85. The van der Waals surface area contributed by atoms with Gasteiger partial charge in [0, 0.05) is 5.56 Å². The molecule has 0 aliphatic carbocycles. The van der Waals surface area contributed by atoms with Crippen LogP contribution >= 0.6 is 0 Å². The maximum Gasteiger partial charge on any atom is 0.417 e. The SMILES string of the molecule is CCCCCCCCCCCCOC(=O)C(C(=O)c1c(C(F)(F)F)cccc1C(F)(F)F)c1ccccc1. The third kappa shape index (κ3) is 9.48. The molecule has 0 amide bonds. The van der Waals surface area contributed by atoms with Gasteiger partial charge in [0.1, 0.15) is 5.92 Å². The molecule has 0 fully saturated rings. The number of hydrogen-bond acceptors (Lipinski definition) is 3. The first kappa shape index (κ1) is 31.4. The number of ketones is 1. The molecule has 0 bridgehead atoms. The Morgan fingerprint density at radius 2 is 1.16 bits per heavy atom. The van der Waals surface area contributed by atoms with Crippen molar-refractivity contribution in [3.63, 3.8) is 0 Å². The number of halogens is 6. The summed E-state index contributed by atoms with van der Waals surface area (Å²) < 4.78 is 87.2. The van der Waals surface area contributed by atoms with Crippen LogP contribution in [0, 0.1) is 0 Å². The molecule has 0 heterocycles. The predicted molar refractivity (Wildman–Crippen MR) is 133 cm³/mol. The van der Waals surface area contributed by atoms with Gasteiger partial charge in [0.05, 0.1) is 17.7 Å². The van der Waals surface area contributed by atoms with Gasteiger partial charge in [-0.05, 0) is 24.1 Å².